The van der Waals surface area contributed by atoms with E-state index in [1.54, 1.807) is 11.8 Å². The van der Waals surface area contributed by atoms with Gasteiger partial charge in [-0.05, 0) is 49.9 Å². The maximum atomic E-state index is 11.6. The maximum Gasteiger partial charge on any atom is 0.146 e. The summed E-state index contributed by atoms with van der Waals surface area (Å²) in [5.41, 5.74) is 0. The highest BCUT2D eigenvalue weighted by atomic mass is 32.2. The van der Waals surface area contributed by atoms with E-state index in [-0.39, 0.29) is 5.25 Å². The first-order valence-electron chi connectivity index (χ1n) is 14.6. The van der Waals surface area contributed by atoms with E-state index in [0.717, 1.165) is 43.4 Å². The van der Waals surface area contributed by atoms with Crippen molar-refractivity contribution in [3.05, 3.63) is 60.7 Å². The second kappa shape index (κ2) is 30.7. The quantitative estimate of drug-likeness (QED) is 0.379. The molecule has 0 N–H and O–H groups in total. The monoisotopic (exact) mass is 548 g/mol. The van der Waals surface area contributed by atoms with Crippen molar-refractivity contribution in [2.45, 2.75) is 129 Å². The average molecular weight is 549 g/mol. The van der Waals surface area contributed by atoms with Crippen molar-refractivity contribution in [1.82, 2.24) is 0 Å². The molecule has 0 bridgehead atoms. The highest BCUT2D eigenvalue weighted by Crippen LogP contribution is 2.31. The molecule has 2 aliphatic rings. The van der Waals surface area contributed by atoms with Crippen LogP contribution in [0.3, 0.4) is 0 Å². The molecule has 0 radical (unpaired) electrons. The van der Waals surface area contributed by atoms with Crippen molar-refractivity contribution in [2.75, 3.05) is 0 Å². The molecule has 2 aliphatic carbocycles. The van der Waals surface area contributed by atoms with E-state index >= 15 is 0 Å². The van der Waals surface area contributed by atoms with Crippen LogP contribution in [0.2, 0.25) is 0 Å². The minimum atomic E-state index is 0.214. The lowest BCUT2D eigenvalue weighted by molar-refractivity contribution is -0.124. The Morgan fingerprint density at radius 3 is 1.41 bits per heavy atom. The Labute approximate surface area is 240 Å². The van der Waals surface area contributed by atoms with Gasteiger partial charge in [-0.15, -0.1) is 24.4 Å². The number of carbonyl (C=O) groups is 2. The lowest BCUT2D eigenvalue weighted by Gasteiger charge is -2.19. The van der Waals surface area contributed by atoms with E-state index in [1.807, 2.05) is 111 Å². The van der Waals surface area contributed by atoms with Crippen LogP contribution in [0.15, 0.2) is 70.5 Å². The number of benzene rings is 2. The van der Waals surface area contributed by atoms with Gasteiger partial charge in [-0.1, -0.05) is 112 Å². The van der Waals surface area contributed by atoms with Gasteiger partial charge in [0.25, 0.3) is 0 Å². The molecule has 0 saturated heterocycles. The van der Waals surface area contributed by atoms with Gasteiger partial charge in [0.1, 0.15) is 11.6 Å². The minimum Gasteiger partial charge on any atom is -0.299 e. The highest BCUT2D eigenvalue weighted by Gasteiger charge is 2.22. The van der Waals surface area contributed by atoms with Crippen molar-refractivity contribution in [1.29, 1.82) is 0 Å². The molecule has 2 atom stereocenters. The molecule has 0 aromatic heterocycles. The summed E-state index contributed by atoms with van der Waals surface area (Å²) in [6, 6.07) is 20.0. The third-order valence-electron chi connectivity index (χ3n) is 5.14. The Balaban J connectivity index is -0.000000434. The summed E-state index contributed by atoms with van der Waals surface area (Å²) >= 11 is 5.81. The summed E-state index contributed by atoms with van der Waals surface area (Å²) in [6.07, 6.45) is 8.47. The molecule has 0 heterocycles. The number of ketones is 2. The van der Waals surface area contributed by atoms with Crippen molar-refractivity contribution >= 4 is 36.0 Å². The fraction of sp³-hybridized carbons (Fsp3) is 0.576. The zero-order chi connectivity index (χ0) is 28.9. The largest absolute Gasteiger partial charge is 0.299 e. The fourth-order valence-corrected chi connectivity index (χ4v) is 4.67. The summed E-state index contributed by atoms with van der Waals surface area (Å²) in [5, 5.41) is 0.214. The Bertz CT molecular complexity index is 733. The normalized spacial score (nSPS) is 17.4. The number of thiol groups is 1. The molecule has 0 aliphatic heterocycles. The van der Waals surface area contributed by atoms with Crippen molar-refractivity contribution in [3.8, 4) is 0 Å². The van der Waals surface area contributed by atoms with E-state index in [2.05, 4.69) is 24.8 Å². The van der Waals surface area contributed by atoms with Crippen LogP contribution in [0.5, 0.6) is 0 Å². The first kappa shape index (κ1) is 40.0. The van der Waals surface area contributed by atoms with E-state index in [9.17, 15) is 9.59 Å². The van der Waals surface area contributed by atoms with Crippen LogP contribution < -0.4 is 0 Å². The predicted molar refractivity (Wildman–Crippen MR) is 171 cm³/mol. The Morgan fingerprint density at radius 2 is 1.05 bits per heavy atom. The van der Waals surface area contributed by atoms with Gasteiger partial charge in [0.15, 0.2) is 0 Å². The van der Waals surface area contributed by atoms with Crippen LogP contribution in [0.1, 0.15) is 114 Å². The molecule has 4 heteroatoms. The molecule has 0 spiro atoms. The zero-order valence-corrected chi connectivity index (χ0v) is 27.0. The molecular formula is C33H56O2S2. The Hall–Kier alpha value is -1.52. The standard InChI is InChI=1S/C12H14OS.C7H12O.C6H6S.4C2H6/c13-11-8-4-5-9-12(11)14-10-6-2-1-3-7-10;1-6-4-2-3-5-7(6)8;7-6-4-2-1-3-5-6;4*1-2/h1-3,6-7,12H,4-5,8-9H2;6H,2-5H2,1H3;1-5,7H;4*1-2H3. The van der Waals surface area contributed by atoms with Crippen LogP contribution in [0, 0.1) is 5.92 Å². The van der Waals surface area contributed by atoms with Gasteiger partial charge in [0.2, 0.25) is 0 Å². The molecule has 4 rings (SSSR count). The van der Waals surface area contributed by atoms with Gasteiger partial charge in [0.05, 0.1) is 5.25 Å². The van der Waals surface area contributed by atoms with Gasteiger partial charge in [-0.25, -0.2) is 0 Å². The van der Waals surface area contributed by atoms with E-state index in [4.69, 9.17) is 0 Å². The van der Waals surface area contributed by atoms with Crippen molar-refractivity contribution in [3.63, 3.8) is 0 Å². The molecule has 2 aromatic rings. The molecule has 2 fully saturated rings. The van der Waals surface area contributed by atoms with Crippen LogP contribution in [-0.4, -0.2) is 16.8 Å². The van der Waals surface area contributed by atoms with Gasteiger partial charge in [-0.3, -0.25) is 9.59 Å². The topological polar surface area (TPSA) is 34.1 Å². The van der Waals surface area contributed by atoms with Crippen LogP contribution in [-0.2, 0) is 9.59 Å². The van der Waals surface area contributed by atoms with Crippen molar-refractivity contribution in [2.24, 2.45) is 5.92 Å². The third kappa shape index (κ3) is 22.2. The molecule has 2 nitrogen and oxygen atoms in total. The summed E-state index contributed by atoms with van der Waals surface area (Å²) in [4.78, 5) is 24.6. The molecule has 212 valence electrons. The lowest BCUT2D eigenvalue weighted by atomic mass is 9.90. The number of thioether (sulfide) groups is 1. The fourth-order valence-electron chi connectivity index (χ4n) is 3.32. The summed E-state index contributed by atoms with van der Waals surface area (Å²) in [6.45, 7) is 18.0. The second-order valence-corrected chi connectivity index (χ2v) is 9.37. The van der Waals surface area contributed by atoms with Crippen LogP contribution in [0.25, 0.3) is 0 Å². The van der Waals surface area contributed by atoms with Crippen molar-refractivity contribution < 1.29 is 9.59 Å². The van der Waals surface area contributed by atoms with Gasteiger partial charge < -0.3 is 0 Å². The molecule has 2 saturated carbocycles. The van der Waals surface area contributed by atoms with Crippen LogP contribution >= 0.6 is 24.4 Å². The second-order valence-electron chi connectivity index (χ2n) is 7.58. The van der Waals surface area contributed by atoms with Gasteiger partial charge in [-0.2, -0.15) is 0 Å². The maximum absolute atomic E-state index is 11.6. The van der Waals surface area contributed by atoms with Crippen LogP contribution in [0.4, 0.5) is 0 Å². The SMILES string of the molecule is CC.CC.CC.CC.CC1CCCCC1=O.O=C1CCCCC1Sc1ccccc1.Sc1ccccc1. The first-order valence-corrected chi connectivity index (χ1v) is 15.9. The smallest absolute Gasteiger partial charge is 0.146 e. The number of carbonyl (C=O) groups excluding carboxylic acids is 2. The number of hydrogen-bond donors (Lipinski definition) is 1. The molecule has 37 heavy (non-hydrogen) atoms. The molecule has 2 aromatic carbocycles. The summed E-state index contributed by atoms with van der Waals surface area (Å²) < 4.78 is 0. The minimum absolute atomic E-state index is 0.214. The summed E-state index contributed by atoms with van der Waals surface area (Å²) in [7, 11) is 0. The highest BCUT2D eigenvalue weighted by molar-refractivity contribution is 8.00. The first-order chi connectivity index (χ1) is 18.1. The zero-order valence-electron chi connectivity index (χ0n) is 25.3. The van der Waals surface area contributed by atoms with E-state index in [0.29, 0.717) is 17.5 Å². The average Bonchev–Trinajstić information content (AvgIpc) is 2.98. The Kier molecular flexibility index (Phi) is 33.2. The predicted octanol–water partition coefficient (Wildman–Crippen LogP) is 11.1. The molecule has 2 unspecified atom stereocenters. The number of rotatable bonds is 2. The Morgan fingerprint density at radius 1 is 0.622 bits per heavy atom. The van der Waals surface area contributed by atoms with E-state index in [1.165, 1.54) is 17.7 Å². The summed E-state index contributed by atoms with van der Waals surface area (Å²) in [5.74, 6) is 1.27. The molecule has 0 amide bonds. The number of Topliss-reactive ketones (excluding diaryl/α,β-unsaturated/α-hetero) is 2. The van der Waals surface area contributed by atoms with Gasteiger partial charge in [0, 0.05) is 28.6 Å². The lowest BCUT2D eigenvalue weighted by Crippen LogP contribution is -2.20. The van der Waals surface area contributed by atoms with E-state index < -0.39 is 0 Å². The van der Waals surface area contributed by atoms with Gasteiger partial charge >= 0.3 is 0 Å². The molecular weight excluding hydrogens is 492 g/mol. The third-order valence-corrected chi connectivity index (χ3v) is 6.76. The number of hydrogen-bond acceptors (Lipinski definition) is 4.